The number of hydrogen-bond acceptors (Lipinski definition) is 3. The highest BCUT2D eigenvalue weighted by molar-refractivity contribution is 5.96. The van der Waals surface area contributed by atoms with Crippen molar-refractivity contribution in [1.29, 1.82) is 0 Å². The summed E-state index contributed by atoms with van der Waals surface area (Å²) in [4.78, 5) is 20.1. The first kappa shape index (κ1) is 17.3. The van der Waals surface area contributed by atoms with Crippen LogP contribution in [0.25, 0.3) is 0 Å². The maximum Gasteiger partial charge on any atom is 0.391 e. The largest absolute Gasteiger partial charge is 0.391 e. The van der Waals surface area contributed by atoms with Crippen LogP contribution in [0.3, 0.4) is 0 Å². The molecule has 1 amide bonds. The Labute approximate surface area is 91.8 Å². The van der Waals surface area contributed by atoms with Gasteiger partial charge in [0, 0.05) is 0 Å². The molecular formula is C9H16F3NO3. The molecule has 0 fully saturated rings. The summed E-state index contributed by atoms with van der Waals surface area (Å²) in [7, 11) is 0. The number of carbonyl (C=O) groups excluding carboxylic acids is 2. The van der Waals surface area contributed by atoms with Gasteiger partial charge in [0.25, 0.3) is 5.91 Å². The van der Waals surface area contributed by atoms with Gasteiger partial charge in [0.15, 0.2) is 0 Å². The minimum atomic E-state index is -3.99. The minimum absolute atomic E-state index is 0.170. The Morgan fingerprint density at radius 1 is 1.38 bits per heavy atom. The van der Waals surface area contributed by atoms with Gasteiger partial charge in [0.1, 0.15) is 5.78 Å². The third kappa shape index (κ3) is 11.0. The number of hydrogen-bond donors (Lipinski definition) is 2. The zero-order chi connectivity index (χ0) is 13.4. The van der Waals surface area contributed by atoms with Crippen LogP contribution in [0.2, 0.25) is 0 Å². The van der Waals surface area contributed by atoms with E-state index in [1.165, 1.54) is 26.3 Å². The third-order valence-electron chi connectivity index (χ3n) is 1.71. The van der Waals surface area contributed by atoms with Crippen molar-refractivity contribution in [1.82, 2.24) is 5.48 Å². The van der Waals surface area contributed by atoms with Gasteiger partial charge < -0.3 is 0 Å². The van der Waals surface area contributed by atoms with Crippen LogP contribution < -0.4 is 5.48 Å². The van der Waals surface area contributed by atoms with Crippen molar-refractivity contribution in [2.24, 2.45) is 5.92 Å². The number of alkyl halides is 3. The molecule has 0 saturated carbocycles. The van der Waals surface area contributed by atoms with E-state index in [0.29, 0.717) is 0 Å². The summed E-state index contributed by atoms with van der Waals surface area (Å²) in [6.07, 6.45) is -4.07. The second kappa shape index (κ2) is 8.09. The summed E-state index contributed by atoms with van der Waals surface area (Å²) in [5.41, 5.74) is 1.34. The highest BCUT2D eigenvalue weighted by Gasteiger charge is 2.33. The first-order valence-electron chi connectivity index (χ1n) is 4.64. The smallest absolute Gasteiger partial charge is 0.299 e. The Kier molecular flexibility index (Phi) is 8.74. The molecule has 96 valence electrons. The maximum atomic E-state index is 11.4. The molecule has 0 aromatic rings. The molecule has 0 saturated heterocycles. The van der Waals surface area contributed by atoms with Gasteiger partial charge >= 0.3 is 6.18 Å². The van der Waals surface area contributed by atoms with E-state index in [4.69, 9.17) is 5.21 Å². The fraction of sp³-hybridized carbons (Fsp3) is 0.778. The van der Waals surface area contributed by atoms with Crippen LogP contribution in [0, 0.1) is 5.92 Å². The number of amides is 1. The van der Waals surface area contributed by atoms with Crippen LogP contribution in [0.15, 0.2) is 0 Å². The fourth-order valence-corrected chi connectivity index (χ4v) is 0.497. The van der Waals surface area contributed by atoms with Gasteiger partial charge in [-0.2, -0.15) is 13.2 Å². The lowest BCUT2D eigenvalue weighted by atomic mass is 10.1. The summed E-state index contributed by atoms with van der Waals surface area (Å²) in [5.74, 6) is -2.09. The Hall–Kier alpha value is -1.11. The van der Waals surface area contributed by atoms with E-state index in [0.717, 1.165) is 0 Å². The van der Waals surface area contributed by atoms with E-state index >= 15 is 0 Å². The van der Waals surface area contributed by atoms with Crippen molar-refractivity contribution in [2.75, 3.05) is 0 Å². The number of carbonyl (C=O) groups is 2. The zero-order valence-electron chi connectivity index (χ0n) is 9.39. The first-order chi connectivity index (χ1) is 7.15. The van der Waals surface area contributed by atoms with Gasteiger partial charge in [-0.1, -0.05) is 13.8 Å². The molecule has 0 spiro atoms. The van der Waals surface area contributed by atoms with Crippen molar-refractivity contribution in [3.8, 4) is 0 Å². The molecule has 0 rings (SSSR count). The van der Waals surface area contributed by atoms with Crippen LogP contribution in [0.4, 0.5) is 13.2 Å². The van der Waals surface area contributed by atoms with Crippen LogP contribution in [-0.2, 0) is 9.59 Å². The molecule has 1 atom stereocenters. The number of nitrogens with one attached hydrogen (secondary N) is 1. The lowest BCUT2D eigenvalue weighted by Crippen LogP contribution is -2.20. The van der Waals surface area contributed by atoms with Crippen LogP contribution in [-0.4, -0.2) is 23.1 Å². The Bertz CT molecular complexity index is 229. The number of Topliss-reactive ketones (excluding diaryl/α,β-unsaturated/α-hetero) is 1. The monoisotopic (exact) mass is 243 g/mol. The van der Waals surface area contributed by atoms with Crippen molar-refractivity contribution in [3.63, 3.8) is 0 Å². The Morgan fingerprint density at radius 3 is 1.88 bits per heavy atom. The summed E-state index contributed by atoms with van der Waals surface area (Å²) in [6, 6.07) is 0. The van der Waals surface area contributed by atoms with Crippen LogP contribution >= 0.6 is 0 Å². The highest BCUT2D eigenvalue weighted by atomic mass is 19.4. The van der Waals surface area contributed by atoms with Crippen molar-refractivity contribution in [2.45, 2.75) is 39.8 Å². The minimum Gasteiger partial charge on any atom is -0.299 e. The van der Waals surface area contributed by atoms with E-state index in [1.54, 1.807) is 0 Å². The molecule has 16 heavy (non-hydrogen) atoms. The highest BCUT2D eigenvalue weighted by Crippen LogP contribution is 2.27. The van der Waals surface area contributed by atoms with Crippen molar-refractivity contribution < 1.29 is 28.0 Å². The van der Waals surface area contributed by atoms with Crippen molar-refractivity contribution >= 4 is 11.7 Å². The van der Waals surface area contributed by atoms with Gasteiger partial charge in [-0.25, -0.2) is 5.48 Å². The second-order valence-corrected chi connectivity index (χ2v) is 3.26. The predicted molar refractivity (Wildman–Crippen MR) is 50.7 cm³/mol. The number of rotatable bonds is 3. The van der Waals surface area contributed by atoms with Gasteiger partial charge in [0.05, 0.1) is 12.3 Å². The van der Waals surface area contributed by atoms with Crippen LogP contribution in [0.1, 0.15) is 33.6 Å². The second-order valence-electron chi connectivity index (χ2n) is 3.26. The molecule has 2 N–H and O–H groups in total. The fourth-order valence-electron chi connectivity index (χ4n) is 0.497. The standard InChI is InChI=1S/C5H9F3.C4H7NO3/c1-3-4(2)5(6,7)8;1-3(6)2-4(7)5-8/h4H,3H2,1-2H3;8H,2H2,1H3,(H,5,7). The lowest BCUT2D eigenvalue weighted by molar-refractivity contribution is -0.170. The SMILES string of the molecule is CC(=O)CC(=O)NO.CCC(C)C(F)(F)F. The number of halogens is 3. The van der Waals surface area contributed by atoms with Gasteiger partial charge in [0.2, 0.25) is 0 Å². The zero-order valence-corrected chi connectivity index (χ0v) is 9.39. The molecule has 0 radical (unpaired) electrons. The first-order valence-corrected chi connectivity index (χ1v) is 4.64. The Balaban J connectivity index is 0. The molecule has 0 aromatic heterocycles. The quantitative estimate of drug-likeness (QED) is 0.453. The Morgan fingerprint density at radius 2 is 1.81 bits per heavy atom. The molecule has 0 bridgehead atoms. The van der Waals surface area contributed by atoms with Gasteiger partial charge in [-0.3, -0.25) is 14.8 Å². The summed E-state index contributed by atoms with van der Waals surface area (Å²) < 4.78 is 34.3. The summed E-state index contributed by atoms with van der Waals surface area (Å²) in [6.45, 7) is 3.98. The van der Waals surface area contributed by atoms with E-state index in [9.17, 15) is 22.8 Å². The molecule has 0 aliphatic carbocycles. The molecule has 4 nitrogen and oxygen atoms in total. The van der Waals surface area contributed by atoms with Crippen LogP contribution in [0.5, 0.6) is 0 Å². The lowest BCUT2D eigenvalue weighted by Gasteiger charge is -2.11. The number of hydroxylamine groups is 1. The predicted octanol–water partition coefficient (Wildman–Crippen LogP) is 2.07. The molecule has 7 heteroatoms. The molecule has 0 aromatic carbocycles. The maximum absolute atomic E-state index is 11.4. The van der Waals surface area contributed by atoms with Gasteiger partial charge in [-0.15, -0.1) is 0 Å². The molecular weight excluding hydrogens is 227 g/mol. The summed E-state index contributed by atoms with van der Waals surface area (Å²) in [5, 5.41) is 7.83. The third-order valence-corrected chi connectivity index (χ3v) is 1.71. The number of ketones is 1. The van der Waals surface area contributed by atoms with Crippen molar-refractivity contribution in [3.05, 3.63) is 0 Å². The average Bonchev–Trinajstić information content (AvgIpc) is 2.15. The van der Waals surface area contributed by atoms with E-state index in [2.05, 4.69) is 0 Å². The molecule has 0 heterocycles. The topological polar surface area (TPSA) is 66.4 Å². The normalized spacial score (nSPS) is 12.2. The van der Waals surface area contributed by atoms with E-state index < -0.39 is 18.0 Å². The molecule has 1 unspecified atom stereocenters. The molecule has 0 aliphatic heterocycles. The van der Waals surface area contributed by atoms with E-state index in [1.807, 2.05) is 0 Å². The average molecular weight is 243 g/mol. The summed E-state index contributed by atoms with van der Waals surface area (Å²) >= 11 is 0. The van der Waals surface area contributed by atoms with Gasteiger partial charge in [-0.05, 0) is 13.3 Å². The molecule has 0 aliphatic rings. The van der Waals surface area contributed by atoms with E-state index in [-0.39, 0.29) is 18.6 Å².